The van der Waals surface area contributed by atoms with E-state index < -0.39 is 34.9 Å². The summed E-state index contributed by atoms with van der Waals surface area (Å²) in [5, 5.41) is 2.77. The number of hydrogen-bond acceptors (Lipinski definition) is 6. The molecule has 1 aliphatic heterocycles. The first-order valence-corrected chi connectivity index (χ1v) is 11.7. The normalized spacial score (nSPS) is 17.8. The van der Waals surface area contributed by atoms with Crippen LogP contribution in [0.5, 0.6) is 0 Å². The molecule has 0 aliphatic carbocycles. The van der Waals surface area contributed by atoms with Crippen molar-refractivity contribution >= 4 is 23.1 Å². The molecular formula is C22H27F3N4O4S. The van der Waals surface area contributed by atoms with E-state index in [2.05, 4.69) is 10.3 Å². The Hall–Kier alpha value is -2.54. The van der Waals surface area contributed by atoms with Gasteiger partial charge in [-0.2, -0.15) is 17.4 Å². The summed E-state index contributed by atoms with van der Waals surface area (Å²) in [6.07, 6.45) is -2.82. The standard InChI is InChI=1S/C22H27F3N4O4S/c1-14(15-6-5-7-17(12-15)21(2,26)33-34(31)32)20(30)27-13-16-8-9-18(22(23,24)25)28-19(16)29-10-3-4-11-29/h5-9,12,14H,3-4,10-11,13,26H2,1-2H3,(H,27,30)(H,31,32). The summed E-state index contributed by atoms with van der Waals surface area (Å²) >= 11 is -2.58. The van der Waals surface area contributed by atoms with E-state index in [-0.39, 0.29) is 18.3 Å². The van der Waals surface area contributed by atoms with E-state index in [4.69, 9.17) is 14.5 Å². The number of anilines is 1. The highest BCUT2D eigenvalue weighted by Gasteiger charge is 2.34. The zero-order valence-corrected chi connectivity index (χ0v) is 19.6. The Morgan fingerprint density at radius 3 is 2.59 bits per heavy atom. The van der Waals surface area contributed by atoms with E-state index in [1.54, 1.807) is 36.1 Å². The Morgan fingerprint density at radius 1 is 1.29 bits per heavy atom. The Bertz CT molecular complexity index is 1060. The summed E-state index contributed by atoms with van der Waals surface area (Å²) in [6, 6.07) is 8.83. The molecule has 34 heavy (non-hydrogen) atoms. The first-order valence-electron chi connectivity index (χ1n) is 10.7. The Morgan fingerprint density at radius 2 is 1.97 bits per heavy atom. The van der Waals surface area contributed by atoms with E-state index in [9.17, 15) is 22.2 Å². The van der Waals surface area contributed by atoms with Crippen molar-refractivity contribution in [2.75, 3.05) is 18.0 Å². The third-order valence-electron chi connectivity index (χ3n) is 5.70. The number of nitrogens with one attached hydrogen (secondary N) is 1. The quantitative estimate of drug-likeness (QED) is 0.376. The van der Waals surface area contributed by atoms with E-state index >= 15 is 0 Å². The van der Waals surface area contributed by atoms with E-state index in [1.165, 1.54) is 13.0 Å². The van der Waals surface area contributed by atoms with Gasteiger partial charge in [-0.3, -0.25) is 15.1 Å². The van der Waals surface area contributed by atoms with Crippen molar-refractivity contribution in [3.8, 4) is 0 Å². The van der Waals surface area contributed by atoms with Crippen molar-refractivity contribution in [3.63, 3.8) is 0 Å². The molecule has 0 bridgehead atoms. The fourth-order valence-corrected chi connectivity index (χ4v) is 4.17. The van der Waals surface area contributed by atoms with Gasteiger partial charge in [0.05, 0.1) is 5.92 Å². The second-order valence-corrected chi connectivity index (χ2v) is 8.94. The molecule has 1 aromatic heterocycles. The van der Waals surface area contributed by atoms with Gasteiger partial charge in [0.1, 0.15) is 11.5 Å². The maximum atomic E-state index is 13.2. The van der Waals surface area contributed by atoms with Crippen molar-refractivity contribution < 1.29 is 30.9 Å². The number of benzene rings is 1. The number of rotatable bonds is 8. The highest BCUT2D eigenvalue weighted by molar-refractivity contribution is 7.74. The molecule has 4 N–H and O–H groups in total. The number of nitrogens with two attached hydrogens (primary N) is 1. The monoisotopic (exact) mass is 500 g/mol. The van der Waals surface area contributed by atoms with Crippen LogP contribution in [-0.4, -0.2) is 32.7 Å². The van der Waals surface area contributed by atoms with Gasteiger partial charge in [0.15, 0.2) is 5.72 Å². The largest absolute Gasteiger partial charge is 0.433 e. The van der Waals surface area contributed by atoms with Crippen LogP contribution in [-0.2, 0) is 38.8 Å². The molecule has 186 valence electrons. The van der Waals surface area contributed by atoms with Gasteiger partial charge in [-0.1, -0.05) is 30.3 Å². The topological polar surface area (TPSA) is 118 Å². The maximum Gasteiger partial charge on any atom is 0.433 e. The van der Waals surface area contributed by atoms with Crippen molar-refractivity contribution in [2.45, 2.75) is 51.1 Å². The molecule has 1 aromatic carbocycles. The number of alkyl halides is 3. The SMILES string of the molecule is CC(C(=O)NCc1ccc(C(F)(F)F)nc1N1CCCC1)c1cccc(C(C)(N)OS(=O)O)c1. The minimum atomic E-state index is -4.56. The van der Waals surface area contributed by atoms with Crippen LogP contribution in [0, 0.1) is 0 Å². The number of nitrogens with zero attached hydrogens (tertiary/aromatic N) is 2. The lowest BCUT2D eigenvalue weighted by atomic mass is 9.95. The van der Waals surface area contributed by atoms with Gasteiger partial charge in [0.2, 0.25) is 5.91 Å². The molecule has 3 atom stereocenters. The van der Waals surface area contributed by atoms with Crippen LogP contribution in [0.1, 0.15) is 55.0 Å². The second kappa shape index (κ2) is 10.4. The van der Waals surface area contributed by atoms with Gasteiger partial charge in [-0.05, 0) is 43.9 Å². The lowest BCUT2D eigenvalue weighted by Crippen LogP contribution is -2.37. The molecule has 1 fully saturated rings. The predicted molar refractivity (Wildman–Crippen MR) is 121 cm³/mol. The van der Waals surface area contributed by atoms with Gasteiger partial charge in [0, 0.05) is 25.2 Å². The van der Waals surface area contributed by atoms with Crippen LogP contribution in [0.2, 0.25) is 0 Å². The minimum absolute atomic E-state index is 0.0149. The van der Waals surface area contributed by atoms with Gasteiger partial charge >= 0.3 is 17.5 Å². The van der Waals surface area contributed by atoms with Crippen LogP contribution in [0.25, 0.3) is 0 Å². The minimum Gasteiger partial charge on any atom is -0.356 e. The fourth-order valence-electron chi connectivity index (χ4n) is 3.78. The number of pyridine rings is 1. The fraction of sp³-hybridized carbons (Fsp3) is 0.455. The Kier molecular flexibility index (Phi) is 7.96. The molecule has 0 spiro atoms. The molecular weight excluding hydrogens is 473 g/mol. The number of hydrogen-bond donors (Lipinski definition) is 3. The molecule has 1 saturated heterocycles. The second-order valence-electron chi connectivity index (χ2n) is 8.34. The first-order chi connectivity index (χ1) is 15.9. The Labute approximate surface area is 198 Å². The van der Waals surface area contributed by atoms with Crippen LogP contribution in [0.4, 0.5) is 19.0 Å². The highest BCUT2D eigenvalue weighted by Crippen LogP contribution is 2.32. The molecule has 2 heterocycles. The zero-order valence-electron chi connectivity index (χ0n) is 18.8. The third kappa shape index (κ3) is 6.32. The average Bonchev–Trinajstić information content (AvgIpc) is 3.30. The summed E-state index contributed by atoms with van der Waals surface area (Å²) < 4.78 is 64.4. The molecule has 3 unspecified atom stereocenters. The molecule has 8 nitrogen and oxygen atoms in total. The van der Waals surface area contributed by atoms with Crippen molar-refractivity contribution in [2.24, 2.45) is 5.73 Å². The van der Waals surface area contributed by atoms with E-state index in [0.717, 1.165) is 18.9 Å². The molecule has 0 radical (unpaired) electrons. The van der Waals surface area contributed by atoms with Crippen LogP contribution >= 0.6 is 0 Å². The number of halogens is 3. The molecule has 3 rings (SSSR count). The third-order valence-corrected chi connectivity index (χ3v) is 6.19. The number of amides is 1. The smallest absolute Gasteiger partial charge is 0.356 e. The van der Waals surface area contributed by atoms with Gasteiger partial charge < -0.3 is 10.2 Å². The summed E-state index contributed by atoms with van der Waals surface area (Å²) in [5.41, 5.74) is 4.93. The lowest BCUT2D eigenvalue weighted by molar-refractivity contribution is -0.141. The molecule has 0 saturated carbocycles. The molecule has 1 amide bonds. The average molecular weight is 501 g/mol. The van der Waals surface area contributed by atoms with Crippen molar-refractivity contribution in [1.82, 2.24) is 10.3 Å². The van der Waals surface area contributed by atoms with Crippen LogP contribution in [0.15, 0.2) is 36.4 Å². The summed E-state index contributed by atoms with van der Waals surface area (Å²) in [6.45, 7) is 4.32. The Balaban J connectivity index is 1.76. The van der Waals surface area contributed by atoms with Crippen molar-refractivity contribution in [3.05, 3.63) is 58.8 Å². The highest BCUT2D eigenvalue weighted by atomic mass is 32.2. The first kappa shape index (κ1) is 26.1. The molecule has 2 aromatic rings. The van der Waals surface area contributed by atoms with Crippen molar-refractivity contribution in [1.29, 1.82) is 0 Å². The van der Waals surface area contributed by atoms with Gasteiger partial charge in [-0.15, -0.1) is 0 Å². The molecule has 12 heteroatoms. The van der Waals surface area contributed by atoms with E-state index in [0.29, 0.717) is 29.8 Å². The number of carbonyl (C=O) groups is 1. The maximum absolute atomic E-state index is 13.2. The van der Waals surface area contributed by atoms with Crippen LogP contribution in [0.3, 0.4) is 0 Å². The van der Waals surface area contributed by atoms with Crippen LogP contribution < -0.4 is 16.0 Å². The summed E-state index contributed by atoms with van der Waals surface area (Å²) in [7, 11) is 0. The molecule has 1 aliphatic rings. The predicted octanol–water partition coefficient (Wildman–Crippen LogP) is 3.41. The lowest BCUT2D eigenvalue weighted by Gasteiger charge is -2.24. The number of aromatic nitrogens is 1. The van der Waals surface area contributed by atoms with E-state index in [1.807, 2.05) is 0 Å². The zero-order chi connectivity index (χ0) is 25.1. The summed E-state index contributed by atoms with van der Waals surface area (Å²) in [4.78, 5) is 18.5. The van der Waals surface area contributed by atoms with Gasteiger partial charge in [-0.25, -0.2) is 9.17 Å². The van der Waals surface area contributed by atoms with Gasteiger partial charge in [0.25, 0.3) is 0 Å². The summed E-state index contributed by atoms with van der Waals surface area (Å²) in [5.74, 6) is -0.752. The number of carbonyl (C=O) groups excluding carboxylic acids is 1.